The van der Waals surface area contributed by atoms with Crippen molar-refractivity contribution in [3.05, 3.63) is 64.6 Å². The number of aromatic nitrogens is 2. The molecule has 0 fully saturated rings. The minimum absolute atomic E-state index is 0.122. The van der Waals surface area contributed by atoms with Crippen LogP contribution in [0.3, 0.4) is 0 Å². The number of H-pyrrole nitrogens is 1. The summed E-state index contributed by atoms with van der Waals surface area (Å²) in [5.41, 5.74) is 1.81. The summed E-state index contributed by atoms with van der Waals surface area (Å²) in [6.45, 7) is -0.122. The van der Waals surface area contributed by atoms with Gasteiger partial charge in [-0.05, 0) is 24.3 Å². The predicted octanol–water partition coefficient (Wildman–Crippen LogP) is 1.84. The molecule has 0 spiro atoms. The van der Waals surface area contributed by atoms with Gasteiger partial charge in [0.25, 0.3) is 0 Å². The van der Waals surface area contributed by atoms with E-state index < -0.39 is 0 Å². The van der Waals surface area contributed by atoms with Crippen molar-refractivity contribution in [1.82, 2.24) is 9.55 Å². The van der Waals surface area contributed by atoms with Gasteiger partial charge in [-0.25, -0.2) is 4.79 Å². The lowest BCUT2D eigenvalue weighted by Gasteiger charge is -2.07. The van der Waals surface area contributed by atoms with E-state index in [4.69, 9.17) is 5.26 Å². The molecule has 2 aromatic carbocycles. The number of nitrogens with one attached hydrogen (secondary N) is 2. The third-order valence-electron chi connectivity index (χ3n) is 3.30. The normalized spacial score (nSPS) is 10.3. The summed E-state index contributed by atoms with van der Waals surface area (Å²) in [6.07, 6.45) is 0. The second-order valence-electron chi connectivity index (χ2n) is 4.74. The van der Waals surface area contributed by atoms with Crippen molar-refractivity contribution < 1.29 is 4.79 Å². The van der Waals surface area contributed by atoms with E-state index in [9.17, 15) is 9.59 Å². The van der Waals surface area contributed by atoms with Crippen molar-refractivity contribution in [3.63, 3.8) is 0 Å². The van der Waals surface area contributed by atoms with Crippen LogP contribution in [-0.2, 0) is 11.3 Å². The van der Waals surface area contributed by atoms with Crippen molar-refractivity contribution in [2.24, 2.45) is 0 Å². The summed E-state index contributed by atoms with van der Waals surface area (Å²) in [4.78, 5) is 26.8. The smallest absolute Gasteiger partial charge is 0.323 e. The fourth-order valence-corrected chi connectivity index (χ4v) is 2.29. The average Bonchev–Trinajstić information content (AvgIpc) is 2.84. The number of amides is 1. The van der Waals surface area contributed by atoms with Crippen LogP contribution in [0.1, 0.15) is 5.56 Å². The molecular formula is C16H12N4O2. The molecule has 1 aromatic heterocycles. The van der Waals surface area contributed by atoms with E-state index in [1.54, 1.807) is 42.5 Å². The third-order valence-corrected chi connectivity index (χ3v) is 3.30. The van der Waals surface area contributed by atoms with Gasteiger partial charge in [0.05, 0.1) is 22.3 Å². The van der Waals surface area contributed by atoms with Crippen LogP contribution in [0.25, 0.3) is 11.0 Å². The molecule has 6 heteroatoms. The number of nitrogens with zero attached hydrogens (tertiary/aromatic N) is 2. The molecule has 0 radical (unpaired) electrons. The molecule has 1 amide bonds. The standard InChI is InChI=1S/C16H12N4O2/c17-9-11-5-1-2-6-12(11)18-15(21)10-20-14-8-4-3-7-13(14)19-16(20)22/h1-8H,10H2,(H,18,21)(H,19,22). The summed E-state index contributed by atoms with van der Waals surface area (Å²) < 4.78 is 1.36. The van der Waals surface area contributed by atoms with Gasteiger partial charge in [0, 0.05) is 0 Å². The van der Waals surface area contributed by atoms with Gasteiger partial charge in [0.1, 0.15) is 12.6 Å². The first kappa shape index (κ1) is 13.6. The SMILES string of the molecule is N#Cc1ccccc1NC(=O)Cn1c(=O)[nH]c2ccccc21. The van der Waals surface area contributed by atoms with Gasteiger partial charge in [-0.1, -0.05) is 24.3 Å². The Balaban J connectivity index is 1.87. The Labute approximate surface area is 125 Å². The highest BCUT2D eigenvalue weighted by Gasteiger charge is 2.11. The second kappa shape index (κ2) is 5.58. The first-order chi connectivity index (χ1) is 10.7. The maximum Gasteiger partial charge on any atom is 0.326 e. The van der Waals surface area contributed by atoms with Crippen molar-refractivity contribution in [2.75, 3.05) is 5.32 Å². The number of carbonyl (C=O) groups excluding carboxylic acids is 1. The Morgan fingerprint density at radius 2 is 1.91 bits per heavy atom. The van der Waals surface area contributed by atoms with E-state index in [2.05, 4.69) is 10.3 Å². The zero-order chi connectivity index (χ0) is 15.5. The molecule has 0 saturated heterocycles. The van der Waals surface area contributed by atoms with E-state index in [-0.39, 0.29) is 18.1 Å². The molecule has 0 saturated carbocycles. The predicted molar refractivity (Wildman–Crippen MR) is 82.3 cm³/mol. The highest BCUT2D eigenvalue weighted by molar-refractivity contribution is 5.92. The highest BCUT2D eigenvalue weighted by Crippen LogP contribution is 2.14. The number of para-hydroxylation sites is 3. The average molecular weight is 292 g/mol. The van der Waals surface area contributed by atoms with E-state index in [1.165, 1.54) is 4.57 Å². The van der Waals surface area contributed by atoms with Crippen molar-refractivity contribution >= 4 is 22.6 Å². The lowest BCUT2D eigenvalue weighted by Crippen LogP contribution is -2.26. The van der Waals surface area contributed by atoms with Gasteiger partial charge >= 0.3 is 5.69 Å². The van der Waals surface area contributed by atoms with Gasteiger partial charge in [-0.2, -0.15) is 5.26 Å². The highest BCUT2D eigenvalue weighted by atomic mass is 16.2. The quantitative estimate of drug-likeness (QED) is 0.771. The van der Waals surface area contributed by atoms with E-state index in [1.807, 2.05) is 12.1 Å². The van der Waals surface area contributed by atoms with Crippen molar-refractivity contribution in [3.8, 4) is 6.07 Å². The molecule has 3 rings (SSSR count). The number of rotatable bonds is 3. The summed E-state index contributed by atoms with van der Waals surface area (Å²) in [7, 11) is 0. The number of hydrogen-bond acceptors (Lipinski definition) is 3. The molecule has 1 heterocycles. The van der Waals surface area contributed by atoms with Gasteiger partial charge in [0.2, 0.25) is 5.91 Å². The minimum atomic E-state index is -0.366. The zero-order valence-corrected chi connectivity index (χ0v) is 11.5. The Kier molecular flexibility index (Phi) is 3.46. The zero-order valence-electron chi connectivity index (χ0n) is 11.5. The van der Waals surface area contributed by atoms with Gasteiger partial charge in [0.15, 0.2) is 0 Å². The maximum atomic E-state index is 12.1. The fourth-order valence-electron chi connectivity index (χ4n) is 2.29. The van der Waals surface area contributed by atoms with Gasteiger partial charge in [-0.15, -0.1) is 0 Å². The largest absolute Gasteiger partial charge is 0.326 e. The van der Waals surface area contributed by atoms with Crippen LogP contribution in [0.5, 0.6) is 0 Å². The van der Waals surface area contributed by atoms with Crippen LogP contribution in [-0.4, -0.2) is 15.5 Å². The van der Waals surface area contributed by atoms with Gasteiger partial charge < -0.3 is 10.3 Å². The Morgan fingerprint density at radius 1 is 1.18 bits per heavy atom. The van der Waals surface area contributed by atoms with E-state index in [0.717, 1.165) is 0 Å². The first-order valence-corrected chi connectivity index (χ1v) is 6.65. The maximum absolute atomic E-state index is 12.1. The molecule has 0 atom stereocenters. The van der Waals surface area contributed by atoms with Crippen molar-refractivity contribution in [1.29, 1.82) is 5.26 Å². The number of anilines is 1. The molecule has 0 unspecified atom stereocenters. The van der Waals surface area contributed by atoms with Crippen LogP contribution in [0.4, 0.5) is 5.69 Å². The number of benzene rings is 2. The second-order valence-corrected chi connectivity index (χ2v) is 4.74. The van der Waals surface area contributed by atoms with E-state index >= 15 is 0 Å². The molecule has 3 aromatic rings. The first-order valence-electron chi connectivity index (χ1n) is 6.65. The monoisotopic (exact) mass is 292 g/mol. The lowest BCUT2D eigenvalue weighted by molar-refractivity contribution is -0.116. The van der Waals surface area contributed by atoms with Crippen LogP contribution in [0, 0.1) is 11.3 Å². The third kappa shape index (κ3) is 2.47. The van der Waals surface area contributed by atoms with Crippen molar-refractivity contribution in [2.45, 2.75) is 6.54 Å². The van der Waals surface area contributed by atoms with Crippen LogP contribution in [0.2, 0.25) is 0 Å². The fraction of sp³-hybridized carbons (Fsp3) is 0.0625. The molecule has 22 heavy (non-hydrogen) atoms. The van der Waals surface area contributed by atoms with Crippen LogP contribution in [0.15, 0.2) is 53.3 Å². The van der Waals surface area contributed by atoms with Gasteiger partial charge in [-0.3, -0.25) is 9.36 Å². The summed E-state index contributed by atoms with van der Waals surface area (Å²) in [5, 5.41) is 11.7. The Morgan fingerprint density at radius 3 is 2.73 bits per heavy atom. The molecule has 6 nitrogen and oxygen atoms in total. The summed E-state index contributed by atoms with van der Waals surface area (Å²) >= 11 is 0. The topological polar surface area (TPSA) is 90.7 Å². The van der Waals surface area contributed by atoms with Crippen LogP contribution < -0.4 is 11.0 Å². The molecule has 0 aliphatic rings. The van der Waals surface area contributed by atoms with E-state index in [0.29, 0.717) is 22.3 Å². The molecule has 108 valence electrons. The Bertz CT molecular complexity index is 946. The Hall–Kier alpha value is -3.33. The number of nitriles is 1. The number of carbonyl (C=O) groups is 1. The molecule has 0 aliphatic heterocycles. The molecule has 2 N–H and O–H groups in total. The molecule has 0 aliphatic carbocycles. The minimum Gasteiger partial charge on any atom is -0.323 e. The molecular weight excluding hydrogens is 280 g/mol. The number of aromatic amines is 1. The number of hydrogen-bond donors (Lipinski definition) is 2. The number of fused-ring (bicyclic) bond motifs is 1. The van der Waals surface area contributed by atoms with Crippen LogP contribution >= 0.6 is 0 Å². The summed E-state index contributed by atoms with van der Waals surface area (Å²) in [6, 6.07) is 15.9. The number of imidazole rings is 1. The molecule has 0 bridgehead atoms. The lowest BCUT2D eigenvalue weighted by atomic mass is 10.2. The summed E-state index contributed by atoms with van der Waals surface area (Å²) in [5.74, 6) is -0.366.